The summed E-state index contributed by atoms with van der Waals surface area (Å²) in [5.74, 6) is 0.224. The zero-order valence-corrected chi connectivity index (χ0v) is 69.6. The van der Waals surface area contributed by atoms with Crippen LogP contribution >= 0.6 is 15.6 Å². The Morgan fingerprint density at radius 3 is 0.660 bits per heavy atom. The summed E-state index contributed by atoms with van der Waals surface area (Å²) in [7, 11) is -9.93. The maximum absolute atomic E-state index is 13.1. The van der Waals surface area contributed by atoms with Gasteiger partial charge in [-0.2, -0.15) is 0 Å². The third kappa shape index (κ3) is 78.0. The van der Waals surface area contributed by atoms with Crippen molar-refractivity contribution in [3.8, 4) is 0 Å². The number of hydrogen-bond donors (Lipinski definition) is 3. The van der Waals surface area contributed by atoms with E-state index in [0.717, 1.165) is 108 Å². The first-order valence-corrected chi connectivity index (χ1v) is 46.3. The molecule has 0 saturated carbocycles. The van der Waals surface area contributed by atoms with Crippen molar-refractivity contribution in [2.24, 2.45) is 17.8 Å². The van der Waals surface area contributed by atoms with Gasteiger partial charge in [-0.25, -0.2) is 9.13 Å². The summed E-state index contributed by atoms with van der Waals surface area (Å²) < 4.78 is 68.8. The van der Waals surface area contributed by atoms with Crippen LogP contribution in [0.5, 0.6) is 0 Å². The monoisotopic (exact) mass is 1510 g/mol. The lowest BCUT2D eigenvalue weighted by molar-refractivity contribution is -0.161. The smallest absolute Gasteiger partial charge is 0.462 e. The van der Waals surface area contributed by atoms with E-state index < -0.39 is 97.5 Å². The minimum atomic E-state index is -4.96. The first-order chi connectivity index (χ1) is 49.7. The molecule has 0 amide bonds. The summed E-state index contributed by atoms with van der Waals surface area (Å²) >= 11 is 0. The van der Waals surface area contributed by atoms with E-state index >= 15 is 0 Å². The molecule has 0 fully saturated rings. The number of esters is 4. The van der Waals surface area contributed by atoms with E-state index in [9.17, 15) is 43.2 Å². The largest absolute Gasteiger partial charge is 0.472 e. The molecule has 0 rings (SSSR count). The predicted octanol–water partition coefficient (Wildman–Crippen LogP) is 25.3. The average Bonchev–Trinajstić information content (AvgIpc) is 0.907. The summed E-state index contributed by atoms with van der Waals surface area (Å²) in [5.41, 5.74) is 0. The molecule has 0 aromatic carbocycles. The van der Waals surface area contributed by atoms with E-state index in [1.54, 1.807) is 0 Å². The van der Waals surface area contributed by atoms with E-state index in [1.165, 1.54) is 250 Å². The summed E-state index contributed by atoms with van der Waals surface area (Å²) in [6.45, 7) is 12.0. The zero-order chi connectivity index (χ0) is 75.8. The molecule has 0 spiro atoms. The Kier molecular flexibility index (Phi) is 72.8. The lowest BCUT2D eigenvalue weighted by Crippen LogP contribution is -2.30. The van der Waals surface area contributed by atoms with Gasteiger partial charge >= 0.3 is 39.5 Å². The van der Waals surface area contributed by atoms with Crippen LogP contribution in [0.1, 0.15) is 440 Å². The minimum Gasteiger partial charge on any atom is -0.462 e. The number of rotatable bonds is 82. The Balaban J connectivity index is 5.25. The van der Waals surface area contributed by atoms with Crippen molar-refractivity contribution < 1.29 is 80.2 Å². The van der Waals surface area contributed by atoms with Gasteiger partial charge in [0.15, 0.2) is 12.2 Å². The molecule has 19 heteroatoms. The highest BCUT2D eigenvalue weighted by Gasteiger charge is 2.30. The first-order valence-electron chi connectivity index (χ1n) is 43.3. The van der Waals surface area contributed by atoms with Crippen LogP contribution in [0.3, 0.4) is 0 Å². The number of aliphatic hydroxyl groups excluding tert-OH is 1. The molecular weight excluding hydrogens is 1340 g/mol. The standard InChI is InChI=1S/C84H164O17P2/c1-8-9-10-11-12-13-14-15-16-22-25-28-37-44-51-58-65-81(86)94-71-79(100-83(88)67-60-53-46-39-29-26-23-20-18-17-19-21-24-27-34-41-48-55-62-75(2)3)73-98-102(90,91)96-69-78(85)70-97-103(92,93)99-74-80(101-84(89)68-61-54-47-40-33-31-36-43-50-57-64-77(6)7)72-95-82(87)66-59-52-45-38-32-30-35-42-49-56-63-76(4)5/h75-80,85H,8-74H2,1-7H3,(H,90,91)(H,92,93)/t78-,79-,80-/m1/s1. The van der Waals surface area contributed by atoms with E-state index in [-0.39, 0.29) is 25.7 Å². The fourth-order valence-corrected chi connectivity index (χ4v) is 14.6. The van der Waals surface area contributed by atoms with Crippen LogP contribution in [0.4, 0.5) is 0 Å². The minimum absolute atomic E-state index is 0.106. The average molecular weight is 1510 g/mol. The number of ether oxygens (including phenoxy) is 4. The molecule has 612 valence electrons. The van der Waals surface area contributed by atoms with Gasteiger partial charge in [0.05, 0.1) is 26.4 Å². The molecule has 2 unspecified atom stereocenters. The van der Waals surface area contributed by atoms with Crippen LogP contribution in [-0.2, 0) is 65.4 Å². The van der Waals surface area contributed by atoms with E-state index in [0.29, 0.717) is 25.7 Å². The van der Waals surface area contributed by atoms with Gasteiger partial charge in [-0.3, -0.25) is 37.3 Å². The maximum atomic E-state index is 13.1. The van der Waals surface area contributed by atoms with Gasteiger partial charge in [0.1, 0.15) is 19.3 Å². The highest BCUT2D eigenvalue weighted by Crippen LogP contribution is 2.45. The molecular formula is C84H164O17P2. The van der Waals surface area contributed by atoms with Crippen LogP contribution in [-0.4, -0.2) is 96.7 Å². The maximum Gasteiger partial charge on any atom is 0.472 e. The Morgan fingerprint density at radius 2 is 0.447 bits per heavy atom. The number of unbranched alkanes of at least 4 members (excludes halogenated alkanes) is 50. The van der Waals surface area contributed by atoms with Crippen molar-refractivity contribution in [1.29, 1.82) is 0 Å². The third-order valence-corrected chi connectivity index (χ3v) is 21.5. The number of carbonyl (C=O) groups is 4. The second kappa shape index (κ2) is 74.2. The van der Waals surface area contributed by atoms with Crippen molar-refractivity contribution in [2.45, 2.75) is 458 Å². The van der Waals surface area contributed by atoms with E-state index in [2.05, 4.69) is 48.5 Å². The zero-order valence-electron chi connectivity index (χ0n) is 67.8. The molecule has 17 nitrogen and oxygen atoms in total. The fraction of sp³-hybridized carbons (Fsp3) is 0.952. The second-order valence-corrected chi connectivity index (χ2v) is 34.6. The normalized spacial score (nSPS) is 13.9. The van der Waals surface area contributed by atoms with Crippen LogP contribution in [0.2, 0.25) is 0 Å². The SMILES string of the molecule is CCCCCCCCCCCCCCCCCCC(=O)OC[C@H](COP(=O)(O)OC[C@@H](O)COP(=O)(O)OC[C@@H](COC(=O)CCCCCCCCCCCCC(C)C)OC(=O)CCCCCCCCCCCCC(C)C)OC(=O)CCCCCCCCCCCCCCCCCCCCC(C)C. The van der Waals surface area contributed by atoms with Crippen LogP contribution < -0.4 is 0 Å². The molecule has 0 aliphatic heterocycles. The molecule has 3 N–H and O–H groups in total. The molecule has 0 aromatic rings. The van der Waals surface area contributed by atoms with Gasteiger partial charge < -0.3 is 33.8 Å². The molecule has 0 aliphatic rings. The predicted molar refractivity (Wildman–Crippen MR) is 423 cm³/mol. The lowest BCUT2D eigenvalue weighted by Gasteiger charge is -2.21. The number of phosphoric ester groups is 2. The Labute approximate surface area is 632 Å². The van der Waals surface area contributed by atoms with Crippen molar-refractivity contribution in [3.05, 3.63) is 0 Å². The second-order valence-electron chi connectivity index (χ2n) is 31.6. The summed E-state index contributed by atoms with van der Waals surface area (Å²) in [5, 5.41) is 10.7. The number of aliphatic hydroxyl groups is 1. The highest BCUT2D eigenvalue weighted by molar-refractivity contribution is 7.47. The Bertz CT molecular complexity index is 1990. The van der Waals surface area contributed by atoms with Gasteiger partial charge in [-0.1, -0.05) is 389 Å². The van der Waals surface area contributed by atoms with Gasteiger partial charge in [0.25, 0.3) is 0 Å². The van der Waals surface area contributed by atoms with Gasteiger partial charge in [0, 0.05) is 25.7 Å². The van der Waals surface area contributed by atoms with Gasteiger partial charge in [0.2, 0.25) is 0 Å². The van der Waals surface area contributed by atoms with Gasteiger partial charge in [-0.05, 0) is 43.4 Å². The van der Waals surface area contributed by atoms with Crippen molar-refractivity contribution in [3.63, 3.8) is 0 Å². The lowest BCUT2D eigenvalue weighted by atomic mass is 10.0. The molecule has 5 atom stereocenters. The topological polar surface area (TPSA) is 237 Å². The van der Waals surface area contributed by atoms with Crippen molar-refractivity contribution in [2.75, 3.05) is 39.6 Å². The molecule has 103 heavy (non-hydrogen) atoms. The molecule has 0 heterocycles. The quantitative estimate of drug-likeness (QED) is 0.0222. The van der Waals surface area contributed by atoms with E-state index in [4.69, 9.17) is 37.0 Å². The van der Waals surface area contributed by atoms with Crippen molar-refractivity contribution in [1.82, 2.24) is 0 Å². The third-order valence-electron chi connectivity index (χ3n) is 19.6. The molecule has 0 aromatic heterocycles. The van der Waals surface area contributed by atoms with Crippen molar-refractivity contribution >= 4 is 39.5 Å². The molecule has 0 bridgehead atoms. The first kappa shape index (κ1) is 101. The molecule has 0 radical (unpaired) electrons. The van der Waals surface area contributed by atoms with Gasteiger partial charge in [-0.15, -0.1) is 0 Å². The van der Waals surface area contributed by atoms with Crippen LogP contribution in [0, 0.1) is 17.8 Å². The number of phosphoric acid groups is 2. The van der Waals surface area contributed by atoms with Crippen LogP contribution in [0.15, 0.2) is 0 Å². The Morgan fingerprint density at radius 1 is 0.262 bits per heavy atom. The van der Waals surface area contributed by atoms with Crippen LogP contribution in [0.25, 0.3) is 0 Å². The molecule has 0 aliphatic carbocycles. The Hall–Kier alpha value is -1.94. The molecule has 0 saturated heterocycles. The highest BCUT2D eigenvalue weighted by atomic mass is 31.2. The summed E-state index contributed by atoms with van der Waals surface area (Å²) in [6, 6.07) is 0. The van der Waals surface area contributed by atoms with E-state index in [1.807, 2.05) is 0 Å². The summed E-state index contributed by atoms with van der Waals surface area (Å²) in [6.07, 6.45) is 63.8. The summed E-state index contributed by atoms with van der Waals surface area (Å²) in [4.78, 5) is 73.2. The fourth-order valence-electron chi connectivity index (χ4n) is 13.0. The number of hydrogen-bond acceptors (Lipinski definition) is 15. The number of carbonyl (C=O) groups excluding carboxylic acids is 4.